The van der Waals surface area contributed by atoms with E-state index >= 15 is 0 Å². The van der Waals surface area contributed by atoms with Crippen LogP contribution in [0.4, 0.5) is 0 Å². The van der Waals surface area contributed by atoms with Crippen LogP contribution in [0.15, 0.2) is 97.2 Å². The molecule has 11 heteroatoms. The smallest absolute Gasteiger partial charge is 0.306 e. The Balaban J connectivity index is 4.57. The van der Waals surface area contributed by atoms with Gasteiger partial charge in [0.1, 0.15) is 19.8 Å². The number of hydrogen-bond acceptors (Lipinski definition) is 9. The van der Waals surface area contributed by atoms with Gasteiger partial charge in [0.2, 0.25) is 0 Å². The summed E-state index contributed by atoms with van der Waals surface area (Å²) in [7, 11) is 1.07. The summed E-state index contributed by atoms with van der Waals surface area (Å²) in [6.45, 7) is 2.04. The Bertz CT molecular complexity index is 1320. The Kier molecular flexibility index (Phi) is 38.2. The van der Waals surface area contributed by atoms with Gasteiger partial charge in [-0.05, 0) is 96.3 Å². The zero-order valence-corrected chi connectivity index (χ0v) is 38.0. The fraction of sp³-hybridized carbons (Fsp3) is 0.625. The van der Waals surface area contributed by atoms with E-state index in [-0.39, 0.29) is 32.7 Å². The van der Waals surface area contributed by atoms with Gasteiger partial charge in [0.15, 0.2) is 6.10 Å². The number of esters is 2. The number of quaternary nitrogens is 1. The predicted molar refractivity (Wildman–Crippen MR) is 241 cm³/mol. The number of unbranched alkanes of at least 4 members (excludes halogenated alkanes) is 8. The molecule has 0 aliphatic heterocycles. The summed E-state index contributed by atoms with van der Waals surface area (Å²) in [6, 6.07) is 0. The highest BCUT2D eigenvalue weighted by atomic mass is 31.2. The number of phosphoric acid groups is 1. The molecule has 0 aliphatic carbocycles. The van der Waals surface area contributed by atoms with E-state index in [1.54, 1.807) is 0 Å². The molecule has 0 spiro atoms. The summed E-state index contributed by atoms with van der Waals surface area (Å²) in [5.74, 6) is -0.991. The van der Waals surface area contributed by atoms with Crippen molar-refractivity contribution in [1.82, 2.24) is 0 Å². The zero-order valence-electron chi connectivity index (χ0n) is 37.1. The van der Waals surface area contributed by atoms with Gasteiger partial charge in [0.05, 0.1) is 27.7 Å². The number of likely N-dealkylation sites (N-methyl/N-ethyl adjacent to an activating group) is 1. The van der Waals surface area contributed by atoms with Crippen molar-refractivity contribution in [2.24, 2.45) is 0 Å². The molecular weight excluding hydrogens is 765 g/mol. The number of hydrogen-bond donors (Lipinski definition) is 1. The van der Waals surface area contributed by atoms with Gasteiger partial charge in [-0.15, -0.1) is 0 Å². The normalized spacial score (nSPS) is 14.5. The summed E-state index contributed by atoms with van der Waals surface area (Å²) in [4.78, 5) is 37.5. The van der Waals surface area contributed by atoms with Crippen molar-refractivity contribution in [3.63, 3.8) is 0 Å². The Morgan fingerprint density at radius 3 is 1.44 bits per heavy atom. The second-order valence-corrected chi connectivity index (χ2v) is 16.8. The average Bonchev–Trinajstić information content (AvgIpc) is 3.19. The Labute approximate surface area is 358 Å². The van der Waals surface area contributed by atoms with Crippen LogP contribution in [-0.4, -0.2) is 81.7 Å². The molecule has 1 N–H and O–H groups in total. The van der Waals surface area contributed by atoms with E-state index in [1.165, 1.54) is 19.3 Å². The largest absolute Gasteiger partial charge is 0.756 e. The molecule has 0 heterocycles. The summed E-state index contributed by atoms with van der Waals surface area (Å²) >= 11 is 0. The number of ether oxygens (including phenoxy) is 2. The minimum atomic E-state index is -4.67. The van der Waals surface area contributed by atoms with Crippen LogP contribution in [0.1, 0.15) is 135 Å². The molecule has 0 saturated carbocycles. The molecule has 0 aromatic rings. The minimum absolute atomic E-state index is 0.0600. The average molecular weight is 846 g/mol. The van der Waals surface area contributed by atoms with Gasteiger partial charge in [-0.25, -0.2) is 0 Å². The third kappa shape index (κ3) is 44.3. The number of rotatable bonds is 39. The highest BCUT2D eigenvalue weighted by Crippen LogP contribution is 2.38. The SMILES string of the molecule is CCCCC/C=C\C/C=C\C/C=C\C/C=C\CCCC(=O)OC[C@H](COP(=O)([O-])OCC[N+](C)(C)C)OC(=O)CCC/C=C\C/C=C\C/C=C\C/C=C\CCCCCO. The van der Waals surface area contributed by atoms with Gasteiger partial charge in [-0.3, -0.25) is 14.2 Å². The van der Waals surface area contributed by atoms with E-state index in [4.69, 9.17) is 23.6 Å². The van der Waals surface area contributed by atoms with E-state index in [2.05, 4.69) is 92.0 Å². The van der Waals surface area contributed by atoms with E-state index in [1.807, 2.05) is 33.3 Å². The zero-order chi connectivity index (χ0) is 43.6. The van der Waals surface area contributed by atoms with E-state index in [9.17, 15) is 19.0 Å². The molecule has 10 nitrogen and oxygen atoms in total. The molecule has 336 valence electrons. The number of aliphatic hydroxyl groups excluding tert-OH is 1. The third-order valence-corrected chi connectivity index (χ3v) is 9.60. The maximum atomic E-state index is 12.7. The molecule has 0 aliphatic rings. The first-order valence-corrected chi connectivity index (χ1v) is 23.5. The van der Waals surface area contributed by atoms with Crippen LogP contribution >= 0.6 is 7.82 Å². The highest BCUT2D eigenvalue weighted by molar-refractivity contribution is 7.45. The van der Waals surface area contributed by atoms with E-state index < -0.39 is 32.5 Å². The first kappa shape index (κ1) is 55.9. The third-order valence-electron chi connectivity index (χ3n) is 8.63. The summed E-state index contributed by atoms with van der Waals surface area (Å²) < 4.78 is 33.7. The Hall–Kier alpha value is -3.11. The molecule has 0 rings (SSSR count). The van der Waals surface area contributed by atoms with Crippen molar-refractivity contribution in [2.45, 2.75) is 141 Å². The van der Waals surface area contributed by atoms with Crippen LogP contribution in [0.3, 0.4) is 0 Å². The molecule has 0 radical (unpaired) electrons. The molecule has 1 unspecified atom stereocenters. The van der Waals surface area contributed by atoms with Crippen molar-refractivity contribution in [2.75, 3.05) is 54.1 Å². The maximum absolute atomic E-state index is 12.7. The van der Waals surface area contributed by atoms with Crippen LogP contribution < -0.4 is 4.89 Å². The lowest BCUT2D eigenvalue weighted by Crippen LogP contribution is -2.37. The second-order valence-electron chi connectivity index (χ2n) is 15.4. The van der Waals surface area contributed by atoms with Crippen LogP contribution in [-0.2, 0) is 32.7 Å². The molecule has 2 atom stereocenters. The highest BCUT2D eigenvalue weighted by Gasteiger charge is 2.21. The first-order valence-electron chi connectivity index (χ1n) is 22.1. The monoisotopic (exact) mass is 846 g/mol. The number of carbonyl (C=O) groups excluding carboxylic acids is 2. The topological polar surface area (TPSA) is 131 Å². The first-order chi connectivity index (χ1) is 28.5. The van der Waals surface area contributed by atoms with E-state index in [0.717, 1.165) is 70.6 Å². The number of nitrogens with zero attached hydrogens (tertiary/aromatic N) is 1. The Morgan fingerprint density at radius 1 is 0.576 bits per heavy atom. The maximum Gasteiger partial charge on any atom is 0.306 e. The number of aliphatic hydroxyl groups is 1. The standard InChI is InChI=1S/C48H80NO9P/c1-5-6-7-8-9-10-11-12-13-15-18-21-24-27-30-33-36-39-47(51)55-44-46(45-57-59(53,54)56-43-41-49(2,3)4)58-48(52)40-37-34-31-28-25-22-19-16-14-17-20-23-26-29-32-35-38-42-50/h9-10,12-14,17-19,21-23,26-28,30-31,46,50H,5-8,11,15-16,20,24-25,29,32-45H2,1-4H3/b10-9-,13-12-,17-14-,21-18-,22-19-,26-23-,30-27-,31-28-/t46-/m1/s1. The fourth-order valence-electron chi connectivity index (χ4n) is 5.15. The molecule has 0 saturated heterocycles. The van der Waals surface area contributed by atoms with Crippen LogP contribution in [0, 0.1) is 0 Å². The van der Waals surface area contributed by atoms with Crippen LogP contribution in [0.2, 0.25) is 0 Å². The number of phosphoric ester groups is 1. The van der Waals surface area contributed by atoms with Crippen molar-refractivity contribution >= 4 is 19.8 Å². The van der Waals surface area contributed by atoms with E-state index in [0.29, 0.717) is 36.7 Å². The quantitative estimate of drug-likeness (QED) is 0.0211. The van der Waals surface area contributed by atoms with Gasteiger partial charge in [0, 0.05) is 19.4 Å². The molecular formula is C48H80NO9P. The molecule has 0 amide bonds. The lowest BCUT2D eigenvalue weighted by molar-refractivity contribution is -0.870. The number of allylic oxidation sites excluding steroid dienone is 16. The second kappa shape index (κ2) is 40.3. The molecule has 59 heavy (non-hydrogen) atoms. The van der Waals surface area contributed by atoms with Crippen molar-refractivity contribution < 1.29 is 47.2 Å². The van der Waals surface area contributed by atoms with Crippen LogP contribution in [0.5, 0.6) is 0 Å². The fourth-order valence-corrected chi connectivity index (χ4v) is 5.87. The summed E-state index contributed by atoms with van der Waals surface area (Å²) in [5, 5.41) is 8.80. The van der Waals surface area contributed by atoms with Gasteiger partial charge >= 0.3 is 11.9 Å². The lowest BCUT2D eigenvalue weighted by atomic mass is 10.2. The number of carbonyl (C=O) groups is 2. The van der Waals surface area contributed by atoms with Crippen LogP contribution in [0.25, 0.3) is 0 Å². The molecule has 0 bridgehead atoms. The molecule has 0 aromatic heterocycles. The molecule has 0 fully saturated rings. The van der Waals surface area contributed by atoms with Gasteiger partial charge in [0.25, 0.3) is 7.82 Å². The minimum Gasteiger partial charge on any atom is -0.756 e. The van der Waals surface area contributed by atoms with Crippen molar-refractivity contribution in [3.8, 4) is 0 Å². The lowest BCUT2D eigenvalue weighted by Gasteiger charge is -2.28. The summed E-state index contributed by atoms with van der Waals surface area (Å²) in [5.41, 5.74) is 0. The summed E-state index contributed by atoms with van der Waals surface area (Å²) in [6.07, 6.45) is 50.3. The molecule has 0 aromatic carbocycles. The Morgan fingerprint density at radius 2 is 1.00 bits per heavy atom. The van der Waals surface area contributed by atoms with Crippen molar-refractivity contribution in [3.05, 3.63) is 97.2 Å². The van der Waals surface area contributed by atoms with Crippen molar-refractivity contribution in [1.29, 1.82) is 0 Å². The van der Waals surface area contributed by atoms with Gasteiger partial charge < -0.3 is 33.0 Å². The van der Waals surface area contributed by atoms with Gasteiger partial charge in [-0.1, -0.05) is 123 Å². The van der Waals surface area contributed by atoms with Gasteiger partial charge in [-0.2, -0.15) is 0 Å². The predicted octanol–water partition coefficient (Wildman–Crippen LogP) is 10.9.